The van der Waals surface area contributed by atoms with Crippen LogP contribution in [0.2, 0.25) is 0 Å². The Bertz CT molecular complexity index is 1100. The fourth-order valence-corrected chi connectivity index (χ4v) is 4.22. The molecular weight excluding hydrogens is 397 g/mol. The summed E-state index contributed by atoms with van der Waals surface area (Å²) in [6.45, 7) is 2.76. The number of carbonyl (C=O) groups excluding carboxylic acids is 1. The van der Waals surface area contributed by atoms with Crippen LogP contribution in [0, 0.1) is 0 Å². The van der Waals surface area contributed by atoms with E-state index in [1.54, 1.807) is 23.1 Å². The summed E-state index contributed by atoms with van der Waals surface area (Å²) in [7, 11) is 1.88. The summed E-state index contributed by atoms with van der Waals surface area (Å²) in [6.07, 6.45) is 7.15. The molecule has 1 N–H and O–H groups in total. The number of benzene rings is 1. The van der Waals surface area contributed by atoms with Crippen molar-refractivity contribution in [2.24, 2.45) is 7.05 Å². The first-order chi connectivity index (χ1) is 15.0. The summed E-state index contributed by atoms with van der Waals surface area (Å²) in [5.74, 6) is -0.245. The number of likely N-dealkylation sites (tertiary alicyclic amines) is 1. The predicted octanol–water partition coefficient (Wildman–Crippen LogP) is 3.17. The quantitative estimate of drug-likeness (QED) is 0.683. The van der Waals surface area contributed by atoms with Gasteiger partial charge in [-0.05, 0) is 29.5 Å². The van der Waals surface area contributed by atoms with Crippen LogP contribution >= 0.6 is 0 Å². The van der Waals surface area contributed by atoms with Gasteiger partial charge in [0.15, 0.2) is 5.67 Å². The first kappa shape index (κ1) is 20.1. The van der Waals surface area contributed by atoms with Crippen molar-refractivity contribution in [3.8, 4) is 11.1 Å². The summed E-state index contributed by atoms with van der Waals surface area (Å²) < 4.78 is 22.6. The molecule has 3 aromatic rings. The Morgan fingerprint density at radius 3 is 2.71 bits per heavy atom. The molecule has 1 atom stereocenters. The second kappa shape index (κ2) is 8.01. The second-order valence-electron chi connectivity index (χ2n) is 8.54. The minimum absolute atomic E-state index is 0.185. The molecule has 7 nitrogen and oxygen atoms in total. The monoisotopic (exact) mass is 423 g/mol. The van der Waals surface area contributed by atoms with E-state index < -0.39 is 11.6 Å². The molecule has 1 unspecified atom stereocenters. The molecule has 5 rings (SSSR count). The van der Waals surface area contributed by atoms with Gasteiger partial charge in [-0.25, -0.2) is 9.37 Å². The first-order valence-electron chi connectivity index (χ1n) is 10.7. The van der Waals surface area contributed by atoms with Gasteiger partial charge < -0.3 is 15.0 Å². The van der Waals surface area contributed by atoms with Crippen molar-refractivity contribution in [2.75, 3.05) is 31.6 Å². The van der Waals surface area contributed by atoms with Crippen molar-refractivity contribution in [1.29, 1.82) is 0 Å². The van der Waals surface area contributed by atoms with Gasteiger partial charge in [0.1, 0.15) is 5.82 Å². The molecule has 8 heteroatoms. The normalized spacial score (nSPS) is 21.0. The number of piperidine rings is 1. The van der Waals surface area contributed by atoms with Gasteiger partial charge in [-0.3, -0.25) is 9.48 Å². The Morgan fingerprint density at radius 2 is 2.03 bits per heavy atom. The molecular formula is C23H26FN5O2. The van der Waals surface area contributed by atoms with Crippen LogP contribution in [0.3, 0.4) is 0 Å². The number of amides is 1. The molecule has 0 spiro atoms. The van der Waals surface area contributed by atoms with Gasteiger partial charge in [0.05, 0.1) is 12.3 Å². The summed E-state index contributed by atoms with van der Waals surface area (Å²) in [5.41, 5.74) is 0.160. The average molecular weight is 423 g/mol. The number of hydrogen-bond acceptors (Lipinski definition) is 5. The van der Waals surface area contributed by atoms with Crippen molar-refractivity contribution in [1.82, 2.24) is 19.7 Å². The Balaban J connectivity index is 1.27. The molecule has 2 fully saturated rings. The number of rotatable bonds is 5. The van der Waals surface area contributed by atoms with Crippen LogP contribution in [0.4, 0.5) is 10.2 Å². The van der Waals surface area contributed by atoms with E-state index in [0.717, 1.165) is 41.5 Å². The maximum absolute atomic E-state index is 15.4. The molecule has 0 bridgehead atoms. The Hall–Kier alpha value is -2.84. The van der Waals surface area contributed by atoms with Crippen molar-refractivity contribution in [2.45, 2.75) is 31.0 Å². The molecule has 0 aliphatic carbocycles. The number of hydrogen-bond donors (Lipinski definition) is 1. The van der Waals surface area contributed by atoms with E-state index in [-0.39, 0.29) is 18.9 Å². The van der Waals surface area contributed by atoms with E-state index in [2.05, 4.69) is 20.3 Å². The van der Waals surface area contributed by atoms with Gasteiger partial charge in [-0.15, -0.1) is 0 Å². The molecule has 0 saturated carbocycles. The molecule has 31 heavy (non-hydrogen) atoms. The lowest BCUT2D eigenvalue weighted by Gasteiger charge is -2.38. The van der Waals surface area contributed by atoms with Crippen LogP contribution in [0.15, 0.2) is 42.9 Å². The maximum atomic E-state index is 15.4. The average Bonchev–Trinajstić information content (AvgIpc) is 3.18. The van der Waals surface area contributed by atoms with E-state index in [4.69, 9.17) is 4.74 Å². The number of fused-ring (bicyclic) bond motifs is 1. The fraction of sp³-hybridized carbons (Fsp3) is 0.435. The first-order valence-corrected chi connectivity index (χ1v) is 10.7. The smallest absolute Gasteiger partial charge is 0.263 e. The van der Waals surface area contributed by atoms with E-state index in [1.807, 2.05) is 31.4 Å². The number of ether oxygens (including phenoxy) is 1. The molecule has 2 saturated heterocycles. The highest BCUT2D eigenvalue weighted by Crippen LogP contribution is 2.30. The van der Waals surface area contributed by atoms with E-state index in [9.17, 15) is 4.79 Å². The lowest BCUT2D eigenvalue weighted by atomic mass is 9.92. The number of nitrogens with one attached hydrogen (secondary N) is 1. The van der Waals surface area contributed by atoms with Crippen LogP contribution in [-0.4, -0.2) is 63.6 Å². The number of pyridine rings is 1. The zero-order valence-corrected chi connectivity index (χ0v) is 17.6. The second-order valence-corrected chi connectivity index (χ2v) is 8.54. The third-order valence-electron chi connectivity index (χ3n) is 6.31. The van der Waals surface area contributed by atoms with Crippen LogP contribution in [0.1, 0.15) is 19.3 Å². The highest BCUT2D eigenvalue weighted by atomic mass is 19.1. The molecule has 4 heterocycles. The number of alkyl halides is 1. The topological polar surface area (TPSA) is 72.3 Å². The minimum atomic E-state index is -1.87. The minimum Gasteiger partial charge on any atom is -0.377 e. The molecule has 2 aliphatic heterocycles. The lowest BCUT2D eigenvalue weighted by molar-refractivity contribution is -0.131. The van der Waals surface area contributed by atoms with Crippen LogP contribution < -0.4 is 5.32 Å². The van der Waals surface area contributed by atoms with E-state index in [1.165, 1.54) is 0 Å². The highest BCUT2D eigenvalue weighted by molar-refractivity contribution is 5.98. The van der Waals surface area contributed by atoms with Gasteiger partial charge >= 0.3 is 0 Å². The third kappa shape index (κ3) is 4.18. The van der Waals surface area contributed by atoms with Crippen molar-refractivity contribution >= 4 is 22.5 Å². The summed E-state index contributed by atoms with van der Waals surface area (Å²) >= 11 is 0. The zero-order valence-electron chi connectivity index (χ0n) is 17.6. The van der Waals surface area contributed by atoms with Crippen LogP contribution in [0.25, 0.3) is 21.9 Å². The molecule has 1 amide bonds. The Labute approximate surface area is 180 Å². The summed E-state index contributed by atoms with van der Waals surface area (Å²) in [4.78, 5) is 19.2. The number of aryl methyl sites for hydroxylation is 1. The highest BCUT2D eigenvalue weighted by Gasteiger charge is 2.42. The van der Waals surface area contributed by atoms with Crippen LogP contribution in [0.5, 0.6) is 0 Å². The van der Waals surface area contributed by atoms with Gasteiger partial charge in [0, 0.05) is 69.5 Å². The van der Waals surface area contributed by atoms with E-state index in [0.29, 0.717) is 18.9 Å². The predicted molar refractivity (Wildman–Crippen MR) is 116 cm³/mol. The largest absolute Gasteiger partial charge is 0.377 e. The number of halogens is 1. The molecule has 2 aliphatic rings. The Morgan fingerprint density at radius 1 is 1.23 bits per heavy atom. The number of anilines is 1. The fourth-order valence-electron chi connectivity index (χ4n) is 4.22. The van der Waals surface area contributed by atoms with Gasteiger partial charge in [-0.2, -0.15) is 5.10 Å². The molecule has 2 aromatic heterocycles. The zero-order chi connectivity index (χ0) is 21.4. The molecule has 162 valence electrons. The van der Waals surface area contributed by atoms with E-state index >= 15 is 4.39 Å². The molecule has 0 radical (unpaired) electrons. The van der Waals surface area contributed by atoms with Crippen molar-refractivity contribution in [3.05, 3.63) is 42.9 Å². The number of aromatic nitrogens is 3. The maximum Gasteiger partial charge on any atom is 0.263 e. The number of carbonyl (C=O) groups is 1. The summed E-state index contributed by atoms with van der Waals surface area (Å²) in [5, 5.41) is 8.79. The van der Waals surface area contributed by atoms with Crippen molar-refractivity contribution < 1.29 is 13.9 Å². The third-order valence-corrected chi connectivity index (χ3v) is 6.31. The SMILES string of the molecule is Cn1cc(-c2ccc3cnc(NC(=O)C4(F)CCN(CC5CCO5)CC4)cc3c2)cn1. The summed E-state index contributed by atoms with van der Waals surface area (Å²) in [6, 6.07) is 7.81. The van der Waals surface area contributed by atoms with Crippen LogP contribution in [-0.2, 0) is 16.6 Å². The standard InChI is InChI=1S/C23H26FN5O2/c1-28-14-19(13-26-28)16-2-3-17-12-25-21(11-18(17)10-16)27-22(30)23(24)5-7-29(8-6-23)15-20-4-9-31-20/h2-3,10-14,20H,4-9,15H2,1H3,(H,25,27,30). The molecule has 1 aromatic carbocycles. The van der Waals surface area contributed by atoms with Gasteiger partial charge in [-0.1, -0.05) is 12.1 Å². The van der Waals surface area contributed by atoms with Crippen molar-refractivity contribution in [3.63, 3.8) is 0 Å². The number of nitrogens with zero attached hydrogens (tertiary/aromatic N) is 4. The van der Waals surface area contributed by atoms with Gasteiger partial charge in [0.25, 0.3) is 5.91 Å². The lowest BCUT2D eigenvalue weighted by Crippen LogP contribution is -2.51. The van der Waals surface area contributed by atoms with Gasteiger partial charge in [0.2, 0.25) is 0 Å². The Kier molecular flexibility index (Phi) is 5.19.